The largest absolute Gasteiger partial charge is 0.0725 e. The summed E-state index contributed by atoms with van der Waals surface area (Å²) in [5.41, 5.74) is 25.9. The van der Waals surface area contributed by atoms with Gasteiger partial charge in [-0.1, -0.05) is 257 Å². The molecule has 3 aliphatic rings. The Hall–Kier alpha value is -7.02. The summed E-state index contributed by atoms with van der Waals surface area (Å²) in [6.07, 6.45) is 0. The summed E-state index contributed by atoms with van der Waals surface area (Å²) in [4.78, 5) is 0. The van der Waals surface area contributed by atoms with Crippen molar-refractivity contribution in [2.75, 3.05) is 0 Å². The first-order valence-electron chi connectivity index (χ1n) is 22.6. The first-order chi connectivity index (χ1) is 30.7. The van der Waals surface area contributed by atoms with Crippen LogP contribution in [0.3, 0.4) is 0 Å². The van der Waals surface area contributed by atoms with Crippen LogP contribution < -0.4 is 0 Å². The minimum absolute atomic E-state index is 0.151. The van der Waals surface area contributed by atoms with E-state index in [2.05, 4.69) is 241 Å². The highest BCUT2D eigenvalue weighted by atomic mass is 14.5. The zero-order valence-electron chi connectivity index (χ0n) is 37.7. The van der Waals surface area contributed by atoms with Crippen LogP contribution in [0.1, 0.15) is 77.8 Å². The van der Waals surface area contributed by atoms with E-state index in [1.165, 1.54) is 106 Å². The van der Waals surface area contributed by atoms with Crippen LogP contribution >= 0.6 is 0 Å². The Bertz CT molecular complexity index is 2990. The molecule has 9 aromatic carbocycles. The molecule has 12 rings (SSSR count). The summed E-state index contributed by atoms with van der Waals surface area (Å²) in [5, 5.41) is 0. The number of fused-ring (bicyclic) bond motifs is 13. The third-order valence-electron chi connectivity index (χ3n) is 13.3. The van der Waals surface area contributed by atoms with Crippen molar-refractivity contribution in [1.82, 2.24) is 0 Å². The second kappa shape index (κ2) is 17.0. The lowest BCUT2D eigenvalue weighted by Crippen LogP contribution is -2.25. The molecule has 0 saturated carbocycles. The first kappa shape index (κ1) is 41.3. The summed E-state index contributed by atoms with van der Waals surface area (Å²) in [6, 6.07) is 77.2. The van der Waals surface area contributed by atoms with Gasteiger partial charge in [0, 0.05) is 5.41 Å². The first-order valence-corrected chi connectivity index (χ1v) is 22.6. The highest BCUT2D eigenvalue weighted by Gasteiger charge is 2.51. The van der Waals surface area contributed by atoms with Gasteiger partial charge in [-0.3, -0.25) is 0 Å². The Kier molecular flexibility index (Phi) is 11.2. The normalized spacial score (nSPS) is 13.3. The highest BCUT2D eigenvalue weighted by Crippen LogP contribution is 2.62. The van der Waals surface area contributed by atoms with Crippen LogP contribution in [0.5, 0.6) is 0 Å². The maximum atomic E-state index is 2.40. The van der Waals surface area contributed by atoms with Gasteiger partial charge in [0.1, 0.15) is 0 Å². The third-order valence-corrected chi connectivity index (χ3v) is 13.3. The Balaban J connectivity index is 0.000000122. The number of hydrogen-bond donors (Lipinski definition) is 0. The molecule has 3 aliphatic carbocycles. The van der Waals surface area contributed by atoms with Crippen LogP contribution in [0.4, 0.5) is 0 Å². The molecule has 0 heteroatoms. The van der Waals surface area contributed by atoms with Crippen LogP contribution in [0.2, 0.25) is 0 Å². The topological polar surface area (TPSA) is 0 Å². The lowest BCUT2D eigenvalue weighted by atomic mass is 9.70. The Labute approximate surface area is 375 Å². The van der Waals surface area contributed by atoms with Crippen molar-refractivity contribution in [3.8, 4) is 55.6 Å². The molecule has 0 aromatic heterocycles. The van der Waals surface area contributed by atoms with E-state index in [1.807, 2.05) is 19.9 Å². The standard InChI is InChI=1S/C26H18.C19H16.C16H16.C2H6/c1-17-14-15-21-20-10-4-7-13-24(20)26(25(21)16-17)22-11-5-2-8-18(22)19-9-3-6-12-23(19)26;1-15-7-9-17(10-8-15)19-13-11-18(12-14-19)16-5-3-2-4-6-16;1-11-8-9-13-12-6-4-5-7-14(12)16(2,3)15(13)10-11;1-2/h2-16H,1H3;2-14H,1H3;4-10H,1-3H3;1-2H3. The summed E-state index contributed by atoms with van der Waals surface area (Å²) in [5.74, 6) is 0. The summed E-state index contributed by atoms with van der Waals surface area (Å²) in [7, 11) is 0. The van der Waals surface area contributed by atoms with Crippen molar-refractivity contribution < 1.29 is 0 Å². The number of hydrogen-bond acceptors (Lipinski definition) is 0. The van der Waals surface area contributed by atoms with Gasteiger partial charge in [-0.2, -0.15) is 0 Å². The zero-order valence-corrected chi connectivity index (χ0v) is 37.7. The van der Waals surface area contributed by atoms with Gasteiger partial charge in [0.25, 0.3) is 0 Å². The van der Waals surface area contributed by atoms with Crippen LogP contribution in [0.25, 0.3) is 55.6 Å². The van der Waals surface area contributed by atoms with Crippen LogP contribution in [0, 0.1) is 20.8 Å². The van der Waals surface area contributed by atoms with Crippen molar-refractivity contribution in [2.45, 2.75) is 59.3 Å². The maximum absolute atomic E-state index is 2.40. The van der Waals surface area contributed by atoms with Gasteiger partial charge in [-0.15, -0.1) is 0 Å². The van der Waals surface area contributed by atoms with E-state index < -0.39 is 0 Å². The van der Waals surface area contributed by atoms with Gasteiger partial charge in [0.2, 0.25) is 0 Å². The molecule has 0 bridgehead atoms. The fourth-order valence-corrected chi connectivity index (χ4v) is 10.3. The van der Waals surface area contributed by atoms with E-state index in [9.17, 15) is 0 Å². The molecule has 0 fully saturated rings. The minimum Gasteiger partial charge on any atom is -0.0683 e. The minimum atomic E-state index is -0.189. The van der Waals surface area contributed by atoms with Crippen molar-refractivity contribution in [3.63, 3.8) is 0 Å². The van der Waals surface area contributed by atoms with E-state index in [-0.39, 0.29) is 10.8 Å². The number of benzene rings is 9. The third kappa shape index (κ3) is 7.14. The van der Waals surface area contributed by atoms with Crippen molar-refractivity contribution >= 4 is 0 Å². The van der Waals surface area contributed by atoms with Gasteiger partial charge < -0.3 is 0 Å². The number of rotatable bonds is 2. The van der Waals surface area contributed by atoms with Crippen LogP contribution in [-0.2, 0) is 10.8 Å². The molecule has 0 atom stereocenters. The molecule has 0 aliphatic heterocycles. The second-order valence-corrected chi connectivity index (χ2v) is 17.5. The van der Waals surface area contributed by atoms with Gasteiger partial charge in [-0.05, 0) is 110 Å². The molecule has 0 nitrogen and oxygen atoms in total. The zero-order chi connectivity index (χ0) is 43.7. The predicted molar refractivity (Wildman–Crippen MR) is 270 cm³/mol. The molecule has 308 valence electrons. The highest BCUT2D eigenvalue weighted by molar-refractivity contribution is 5.95. The molecule has 9 aromatic rings. The molecule has 0 radical (unpaired) electrons. The smallest absolute Gasteiger partial charge is 0.0683 e. The fourth-order valence-electron chi connectivity index (χ4n) is 10.3. The monoisotopic (exact) mass is 812 g/mol. The van der Waals surface area contributed by atoms with E-state index in [4.69, 9.17) is 0 Å². The lowest BCUT2D eigenvalue weighted by molar-refractivity contribution is 0.660. The van der Waals surface area contributed by atoms with Crippen LogP contribution in [-0.4, -0.2) is 0 Å². The average Bonchev–Trinajstić information content (AvgIpc) is 3.89. The quantitative estimate of drug-likeness (QED) is 0.163. The Morgan fingerprint density at radius 1 is 0.254 bits per heavy atom. The van der Waals surface area contributed by atoms with E-state index in [0.717, 1.165) is 0 Å². The van der Waals surface area contributed by atoms with Gasteiger partial charge in [0.05, 0.1) is 5.41 Å². The maximum Gasteiger partial charge on any atom is 0.0725 e. The van der Waals surface area contributed by atoms with E-state index >= 15 is 0 Å². The lowest BCUT2D eigenvalue weighted by Gasteiger charge is -2.30. The predicted octanol–water partition coefficient (Wildman–Crippen LogP) is 17.0. The molecule has 63 heavy (non-hydrogen) atoms. The van der Waals surface area contributed by atoms with Gasteiger partial charge in [-0.25, -0.2) is 0 Å². The van der Waals surface area contributed by atoms with E-state index in [0.29, 0.717) is 0 Å². The summed E-state index contributed by atoms with van der Waals surface area (Å²) < 4.78 is 0. The van der Waals surface area contributed by atoms with E-state index in [1.54, 1.807) is 0 Å². The summed E-state index contributed by atoms with van der Waals surface area (Å²) >= 11 is 0. The SMILES string of the molecule is CC.Cc1ccc(-c2ccc(-c3ccccc3)cc2)cc1.Cc1ccc2c(c1)C(C)(C)c1ccccc1-2.Cc1ccc2c(c1)C1(c3ccccc3-c3ccccc31)c1ccccc1-2. The van der Waals surface area contributed by atoms with Crippen LogP contribution in [0.15, 0.2) is 212 Å². The fraction of sp³-hybridized carbons (Fsp3) is 0.143. The Morgan fingerprint density at radius 3 is 1.02 bits per heavy atom. The number of aryl methyl sites for hydroxylation is 3. The molecule has 0 saturated heterocycles. The average molecular weight is 813 g/mol. The van der Waals surface area contributed by atoms with Gasteiger partial charge in [0.15, 0.2) is 0 Å². The molecule has 0 unspecified atom stereocenters. The van der Waals surface area contributed by atoms with Gasteiger partial charge >= 0.3 is 0 Å². The van der Waals surface area contributed by atoms with Crippen molar-refractivity contribution in [2.24, 2.45) is 0 Å². The molecular formula is C63H56. The molecular weight excluding hydrogens is 757 g/mol. The molecule has 1 spiro atoms. The molecule has 0 amide bonds. The van der Waals surface area contributed by atoms with Crippen molar-refractivity contribution in [3.05, 3.63) is 262 Å². The second-order valence-electron chi connectivity index (χ2n) is 17.5. The van der Waals surface area contributed by atoms with Crippen molar-refractivity contribution in [1.29, 1.82) is 0 Å². The summed E-state index contributed by atoms with van der Waals surface area (Å²) in [6.45, 7) is 15.1. The Morgan fingerprint density at radius 2 is 0.556 bits per heavy atom. The molecule has 0 heterocycles. The molecule has 0 N–H and O–H groups in total.